The molecule has 0 aromatic carbocycles. The Hall–Kier alpha value is -0.760. The number of aryl methyl sites for hydroxylation is 1. The molecule has 2 N–H and O–H groups in total. The average molecular weight is 449 g/mol. The third kappa shape index (κ3) is 5.90. The molecule has 0 spiro atoms. The van der Waals surface area contributed by atoms with Gasteiger partial charge in [-0.05, 0) is 57.6 Å². The van der Waals surface area contributed by atoms with Gasteiger partial charge in [-0.2, -0.15) is 0 Å². The van der Waals surface area contributed by atoms with Crippen molar-refractivity contribution in [2.75, 3.05) is 19.8 Å². The minimum Gasteiger partial charge on any atom is -0.381 e. The van der Waals surface area contributed by atoms with Crippen molar-refractivity contribution in [2.45, 2.75) is 75.8 Å². The highest BCUT2D eigenvalue weighted by atomic mass is 35.5. The van der Waals surface area contributed by atoms with Gasteiger partial charge in [0.25, 0.3) is 5.91 Å². The van der Waals surface area contributed by atoms with E-state index in [0.29, 0.717) is 36.3 Å². The molecular weight excluding hydrogens is 418 g/mol. The number of amides is 1. The molecule has 8 heteroatoms. The number of halogens is 3. The zero-order valence-corrected chi connectivity index (χ0v) is 18.5. The molecule has 2 atom stereocenters. The maximum absolute atomic E-state index is 13.3. The molecular formula is C21H31ClF2N2O2S. The highest BCUT2D eigenvalue weighted by molar-refractivity contribution is 7.12. The summed E-state index contributed by atoms with van der Waals surface area (Å²) in [6, 6.07) is 2.40. The van der Waals surface area contributed by atoms with E-state index in [4.69, 9.17) is 4.74 Å². The Morgan fingerprint density at radius 2 is 1.93 bits per heavy atom. The molecule has 3 fully saturated rings. The monoisotopic (exact) mass is 448 g/mol. The zero-order valence-electron chi connectivity index (χ0n) is 16.8. The Bertz CT molecular complexity index is 699. The van der Waals surface area contributed by atoms with Crippen LogP contribution in [0.25, 0.3) is 0 Å². The Morgan fingerprint density at radius 1 is 1.24 bits per heavy atom. The minimum atomic E-state index is -2.56. The fraction of sp³-hybridized carbons (Fsp3) is 0.762. The van der Waals surface area contributed by atoms with Gasteiger partial charge >= 0.3 is 0 Å². The van der Waals surface area contributed by atoms with E-state index in [2.05, 4.69) is 10.6 Å². The molecule has 0 bridgehead atoms. The number of nitrogens with one attached hydrogen (secondary N) is 2. The number of hydrogen-bond acceptors (Lipinski definition) is 4. The largest absolute Gasteiger partial charge is 0.381 e. The van der Waals surface area contributed by atoms with Crippen LogP contribution in [0.2, 0.25) is 0 Å². The van der Waals surface area contributed by atoms with Crippen molar-refractivity contribution in [3.8, 4) is 0 Å². The van der Waals surface area contributed by atoms with Crippen molar-refractivity contribution in [1.82, 2.24) is 10.6 Å². The third-order valence-electron chi connectivity index (χ3n) is 6.40. The molecule has 1 aliphatic heterocycles. The van der Waals surface area contributed by atoms with Gasteiger partial charge in [0.05, 0.1) is 5.56 Å². The SMILES string of the molecule is Cc1sc(C2CC2NCC2CCOCC2)cc1C(=O)NC1CCC(F)(F)CC1.Cl. The summed E-state index contributed by atoms with van der Waals surface area (Å²) in [6.45, 7) is 4.78. The Balaban J connectivity index is 0.00000240. The predicted molar refractivity (Wildman–Crippen MR) is 114 cm³/mol. The van der Waals surface area contributed by atoms with Crippen LogP contribution >= 0.6 is 23.7 Å². The smallest absolute Gasteiger partial charge is 0.252 e. The number of alkyl halides is 2. The van der Waals surface area contributed by atoms with Crippen molar-refractivity contribution in [3.63, 3.8) is 0 Å². The van der Waals surface area contributed by atoms with E-state index in [0.717, 1.165) is 43.9 Å². The van der Waals surface area contributed by atoms with Crippen LogP contribution in [0.5, 0.6) is 0 Å². The Kier molecular flexibility index (Phi) is 7.57. The summed E-state index contributed by atoms with van der Waals surface area (Å²) in [5.41, 5.74) is 0.715. The van der Waals surface area contributed by atoms with Crippen LogP contribution in [-0.4, -0.2) is 43.7 Å². The van der Waals surface area contributed by atoms with Crippen LogP contribution in [-0.2, 0) is 4.74 Å². The number of carbonyl (C=O) groups is 1. The van der Waals surface area contributed by atoms with Gasteiger partial charge in [-0.25, -0.2) is 8.78 Å². The lowest BCUT2D eigenvalue weighted by Gasteiger charge is -2.28. The molecule has 1 aromatic rings. The molecule has 4 rings (SSSR count). The third-order valence-corrected chi connectivity index (χ3v) is 7.58. The molecule has 4 nitrogen and oxygen atoms in total. The van der Waals surface area contributed by atoms with Crippen LogP contribution in [0.3, 0.4) is 0 Å². The van der Waals surface area contributed by atoms with Crippen molar-refractivity contribution in [1.29, 1.82) is 0 Å². The van der Waals surface area contributed by atoms with E-state index in [1.54, 1.807) is 11.3 Å². The molecule has 1 aromatic heterocycles. The first-order valence-electron chi connectivity index (χ1n) is 10.5. The average Bonchev–Trinajstić information content (AvgIpc) is 3.35. The van der Waals surface area contributed by atoms with Gasteiger partial charge in [0.2, 0.25) is 5.92 Å². The summed E-state index contributed by atoms with van der Waals surface area (Å²) in [6.07, 6.45) is 3.86. The quantitative estimate of drug-likeness (QED) is 0.665. The second kappa shape index (κ2) is 9.58. The second-order valence-electron chi connectivity index (χ2n) is 8.64. The maximum atomic E-state index is 13.3. The van der Waals surface area contributed by atoms with E-state index in [9.17, 15) is 13.6 Å². The zero-order chi connectivity index (χ0) is 19.7. The van der Waals surface area contributed by atoms with Crippen LogP contribution in [0, 0.1) is 12.8 Å². The van der Waals surface area contributed by atoms with Crippen molar-refractivity contribution in [2.24, 2.45) is 5.92 Å². The first-order chi connectivity index (χ1) is 13.4. The van der Waals surface area contributed by atoms with E-state index < -0.39 is 5.92 Å². The lowest BCUT2D eigenvalue weighted by Crippen LogP contribution is -2.40. The molecule has 2 unspecified atom stereocenters. The summed E-state index contributed by atoms with van der Waals surface area (Å²) in [4.78, 5) is 14.9. The van der Waals surface area contributed by atoms with Gasteiger partial charge in [0, 0.05) is 53.8 Å². The fourth-order valence-corrected chi connectivity index (χ4v) is 5.57. The molecule has 2 aliphatic carbocycles. The first-order valence-corrected chi connectivity index (χ1v) is 11.3. The van der Waals surface area contributed by atoms with Gasteiger partial charge < -0.3 is 15.4 Å². The second-order valence-corrected chi connectivity index (χ2v) is 9.92. The van der Waals surface area contributed by atoms with Crippen LogP contribution < -0.4 is 10.6 Å². The lowest BCUT2D eigenvalue weighted by atomic mass is 9.92. The van der Waals surface area contributed by atoms with Crippen molar-refractivity contribution >= 4 is 29.7 Å². The molecule has 164 valence electrons. The molecule has 0 radical (unpaired) electrons. The molecule has 2 heterocycles. The topological polar surface area (TPSA) is 50.4 Å². The Morgan fingerprint density at radius 3 is 2.62 bits per heavy atom. The normalized spacial score (nSPS) is 27.3. The molecule has 1 amide bonds. The van der Waals surface area contributed by atoms with E-state index in [-0.39, 0.29) is 37.2 Å². The summed E-state index contributed by atoms with van der Waals surface area (Å²) in [7, 11) is 0. The Labute approximate surface area is 181 Å². The number of ether oxygens (including phenoxy) is 1. The van der Waals surface area contributed by atoms with Gasteiger partial charge in [0.1, 0.15) is 0 Å². The minimum absolute atomic E-state index is 0. The highest BCUT2D eigenvalue weighted by Crippen LogP contribution is 2.45. The number of carbonyl (C=O) groups excluding carboxylic acids is 1. The first kappa shape index (κ1) is 22.9. The van der Waals surface area contributed by atoms with Gasteiger partial charge in [0.15, 0.2) is 0 Å². The van der Waals surface area contributed by atoms with Crippen LogP contribution in [0.4, 0.5) is 8.78 Å². The van der Waals surface area contributed by atoms with Crippen molar-refractivity contribution in [3.05, 3.63) is 21.4 Å². The van der Waals surface area contributed by atoms with Gasteiger partial charge in [-0.3, -0.25) is 4.79 Å². The van der Waals surface area contributed by atoms with E-state index in [1.165, 1.54) is 4.88 Å². The van der Waals surface area contributed by atoms with Gasteiger partial charge in [-0.1, -0.05) is 0 Å². The van der Waals surface area contributed by atoms with E-state index >= 15 is 0 Å². The summed E-state index contributed by atoms with van der Waals surface area (Å²) >= 11 is 1.70. The van der Waals surface area contributed by atoms with Crippen LogP contribution in [0.15, 0.2) is 6.07 Å². The summed E-state index contributed by atoms with van der Waals surface area (Å²) in [5, 5.41) is 6.66. The van der Waals surface area contributed by atoms with Gasteiger partial charge in [-0.15, -0.1) is 23.7 Å². The van der Waals surface area contributed by atoms with E-state index in [1.807, 2.05) is 13.0 Å². The number of hydrogen-bond donors (Lipinski definition) is 2. The van der Waals surface area contributed by atoms with Crippen molar-refractivity contribution < 1.29 is 18.3 Å². The lowest BCUT2D eigenvalue weighted by molar-refractivity contribution is -0.0399. The molecule has 3 aliphatic rings. The standard InChI is InChI=1S/C21H30F2N2O2S.ClH/c1-13-16(20(26)25-15-2-6-21(22,23)7-3-15)11-19(28-13)17-10-18(17)24-12-14-4-8-27-9-5-14;/h11,14-15,17-18,24H,2-10,12H2,1H3,(H,25,26);1H. The predicted octanol–water partition coefficient (Wildman–Crippen LogP) is 4.66. The number of rotatable bonds is 6. The van der Waals surface area contributed by atoms with Crippen LogP contribution in [0.1, 0.15) is 71.0 Å². The fourth-order valence-electron chi connectivity index (χ4n) is 4.36. The maximum Gasteiger partial charge on any atom is 0.252 e. The molecule has 29 heavy (non-hydrogen) atoms. The summed E-state index contributed by atoms with van der Waals surface area (Å²) < 4.78 is 32.0. The number of thiophene rings is 1. The summed E-state index contributed by atoms with van der Waals surface area (Å²) in [5.74, 6) is -1.46. The highest BCUT2D eigenvalue weighted by Gasteiger charge is 2.40. The molecule has 2 saturated carbocycles. The molecule has 1 saturated heterocycles.